The lowest BCUT2D eigenvalue weighted by atomic mass is 9.69. The van der Waals surface area contributed by atoms with Crippen molar-refractivity contribution in [3.05, 3.63) is 0 Å². The third kappa shape index (κ3) is 1.45. The van der Waals surface area contributed by atoms with E-state index in [2.05, 4.69) is 13.8 Å². The third-order valence-corrected chi connectivity index (χ3v) is 9.93. The van der Waals surface area contributed by atoms with E-state index in [1.54, 1.807) is 0 Å². The van der Waals surface area contributed by atoms with E-state index in [1.807, 2.05) is 0 Å². The first-order valence-corrected chi connectivity index (χ1v) is 10.4. The number of amides is 1. The molecule has 1 amide bonds. The van der Waals surface area contributed by atoms with Crippen molar-refractivity contribution in [1.82, 2.24) is 4.31 Å². The second kappa shape index (κ2) is 3.73. The number of sulfonamides is 1. The van der Waals surface area contributed by atoms with Crippen molar-refractivity contribution in [2.75, 3.05) is 5.75 Å². The highest BCUT2D eigenvalue weighted by Gasteiger charge is 2.73. The highest BCUT2D eigenvalue weighted by atomic mass is 32.2. The van der Waals surface area contributed by atoms with Gasteiger partial charge in [0.2, 0.25) is 15.9 Å². The molecule has 122 valence electrons. The van der Waals surface area contributed by atoms with Crippen molar-refractivity contribution in [3.63, 3.8) is 0 Å². The van der Waals surface area contributed by atoms with Gasteiger partial charge < -0.3 is 0 Å². The molecule has 5 atom stereocenters. The van der Waals surface area contributed by atoms with Crippen LogP contribution >= 0.6 is 0 Å². The summed E-state index contributed by atoms with van der Waals surface area (Å²) < 4.78 is 27.0. The predicted molar refractivity (Wildman–Crippen MR) is 82.3 cm³/mol. The van der Waals surface area contributed by atoms with Crippen LogP contribution < -0.4 is 0 Å². The molecule has 1 aliphatic heterocycles. The Balaban J connectivity index is 1.50. The highest BCUT2D eigenvalue weighted by molar-refractivity contribution is 7.90. The zero-order valence-electron chi connectivity index (χ0n) is 13.4. The summed E-state index contributed by atoms with van der Waals surface area (Å²) in [5.41, 5.74) is -0.116. The molecule has 0 N–H and O–H groups in total. The van der Waals surface area contributed by atoms with Crippen LogP contribution in [0.2, 0.25) is 0 Å². The lowest BCUT2D eigenvalue weighted by molar-refractivity contribution is -0.130. The monoisotopic (exact) mass is 323 g/mol. The molecule has 5 aliphatic rings. The largest absolute Gasteiger partial charge is 0.273 e. The molecule has 4 aliphatic carbocycles. The maximum atomic E-state index is 12.9. The molecule has 2 bridgehead atoms. The van der Waals surface area contributed by atoms with Gasteiger partial charge in [-0.2, -0.15) is 0 Å². The maximum Gasteiger partial charge on any atom is 0.239 e. The minimum atomic E-state index is -3.41. The lowest BCUT2D eigenvalue weighted by Crippen LogP contribution is -2.44. The molecular formula is C17H25NO3S. The normalized spacial score (nSPS) is 50.2. The van der Waals surface area contributed by atoms with Gasteiger partial charge in [0, 0.05) is 11.3 Å². The smallest absolute Gasteiger partial charge is 0.239 e. The molecule has 0 aromatic rings. The van der Waals surface area contributed by atoms with Crippen molar-refractivity contribution >= 4 is 15.9 Å². The summed E-state index contributed by atoms with van der Waals surface area (Å²) in [5.74, 6) is 1.96. The fraction of sp³-hybridized carbons (Fsp3) is 0.941. The van der Waals surface area contributed by atoms with Gasteiger partial charge in [0.1, 0.15) is 0 Å². The number of nitrogens with zero attached hydrogens (tertiary/aromatic N) is 1. The minimum Gasteiger partial charge on any atom is -0.273 e. The van der Waals surface area contributed by atoms with Crippen LogP contribution in [0.1, 0.15) is 52.4 Å². The van der Waals surface area contributed by atoms with Crippen molar-refractivity contribution in [3.8, 4) is 0 Å². The van der Waals surface area contributed by atoms with Crippen LogP contribution in [0.4, 0.5) is 0 Å². The summed E-state index contributed by atoms with van der Waals surface area (Å²) in [6.07, 6.45) is 6.43. The topological polar surface area (TPSA) is 54.5 Å². The first-order valence-electron chi connectivity index (χ1n) is 8.84. The second-order valence-electron chi connectivity index (χ2n) is 9.10. The molecule has 0 aromatic carbocycles. The SMILES string of the molecule is CC1(C)[C@@H]2CC[C@]13CS(=O)(=O)N(C(=O)C1CC1C1CC1)[C@@H]3C2. The van der Waals surface area contributed by atoms with Crippen LogP contribution in [0.15, 0.2) is 0 Å². The minimum absolute atomic E-state index is 0.0136. The molecule has 1 spiro atoms. The fourth-order valence-electron chi connectivity index (χ4n) is 6.29. The van der Waals surface area contributed by atoms with Gasteiger partial charge in [0.05, 0.1) is 11.8 Å². The standard InChI is InChI=1S/C17H25NO3S/c1-16(2)11-5-6-17(16)9-22(20,21)18(14(17)7-11)15(19)13-8-12(13)10-3-4-10/h10-14H,3-9H2,1-2H3/t11-,12?,13?,14-,17-/m1/s1. The molecular weight excluding hydrogens is 298 g/mol. The molecule has 1 heterocycles. The van der Waals surface area contributed by atoms with Gasteiger partial charge in [-0.1, -0.05) is 13.8 Å². The van der Waals surface area contributed by atoms with Crippen LogP contribution in [0.5, 0.6) is 0 Å². The Morgan fingerprint density at radius 2 is 1.86 bits per heavy atom. The van der Waals surface area contributed by atoms with Crippen LogP contribution in [0.3, 0.4) is 0 Å². The quantitative estimate of drug-likeness (QED) is 0.784. The number of rotatable bonds is 2. The Bertz CT molecular complexity index is 665. The fourth-order valence-corrected chi connectivity index (χ4v) is 8.87. The molecule has 22 heavy (non-hydrogen) atoms. The maximum absolute atomic E-state index is 12.9. The average molecular weight is 323 g/mol. The van der Waals surface area contributed by atoms with Crippen molar-refractivity contribution in [2.24, 2.45) is 34.5 Å². The van der Waals surface area contributed by atoms with Crippen LogP contribution in [0.25, 0.3) is 0 Å². The molecule has 4 nitrogen and oxygen atoms in total. The summed E-state index contributed by atoms with van der Waals surface area (Å²) in [7, 11) is -3.41. The summed E-state index contributed by atoms with van der Waals surface area (Å²) in [6, 6.07) is -0.0424. The first kappa shape index (κ1) is 13.8. The van der Waals surface area contributed by atoms with Gasteiger partial charge in [-0.25, -0.2) is 12.7 Å². The second-order valence-corrected chi connectivity index (χ2v) is 10.9. The zero-order chi connectivity index (χ0) is 15.5. The van der Waals surface area contributed by atoms with Gasteiger partial charge in [-0.05, 0) is 61.7 Å². The van der Waals surface area contributed by atoms with Crippen LogP contribution in [0, 0.1) is 34.5 Å². The number of carbonyl (C=O) groups is 1. The van der Waals surface area contributed by atoms with Crippen molar-refractivity contribution in [2.45, 2.75) is 58.4 Å². The zero-order valence-corrected chi connectivity index (χ0v) is 14.2. The average Bonchev–Trinajstić information content (AvgIpc) is 3.30. The summed E-state index contributed by atoms with van der Waals surface area (Å²) in [4.78, 5) is 12.9. The first-order chi connectivity index (χ1) is 10.3. The Morgan fingerprint density at radius 1 is 1.14 bits per heavy atom. The van der Waals surface area contributed by atoms with Crippen LogP contribution in [-0.4, -0.2) is 30.4 Å². The van der Waals surface area contributed by atoms with E-state index in [-0.39, 0.29) is 34.4 Å². The van der Waals surface area contributed by atoms with Gasteiger partial charge in [-0.3, -0.25) is 4.79 Å². The summed E-state index contributed by atoms with van der Waals surface area (Å²) in [5, 5.41) is 0. The van der Waals surface area contributed by atoms with Gasteiger partial charge in [0.25, 0.3) is 0 Å². The Labute approximate surface area is 132 Å². The number of hydrogen-bond donors (Lipinski definition) is 0. The van der Waals surface area contributed by atoms with E-state index in [0.717, 1.165) is 25.7 Å². The van der Waals surface area contributed by atoms with E-state index in [0.29, 0.717) is 17.8 Å². The predicted octanol–water partition coefficient (Wildman–Crippen LogP) is 2.40. The van der Waals surface area contributed by atoms with Gasteiger partial charge >= 0.3 is 0 Å². The Hall–Kier alpha value is -0.580. The van der Waals surface area contributed by atoms with E-state index >= 15 is 0 Å². The Morgan fingerprint density at radius 3 is 2.50 bits per heavy atom. The van der Waals surface area contributed by atoms with E-state index < -0.39 is 10.0 Å². The van der Waals surface area contributed by atoms with Gasteiger partial charge in [-0.15, -0.1) is 0 Å². The molecule has 0 radical (unpaired) electrons. The van der Waals surface area contributed by atoms with Gasteiger partial charge in [0.15, 0.2) is 0 Å². The van der Waals surface area contributed by atoms with E-state index in [1.165, 1.54) is 17.1 Å². The summed E-state index contributed by atoms with van der Waals surface area (Å²) >= 11 is 0. The van der Waals surface area contributed by atoms with E-state index in [4.69, 9.17) is 0 Å². The van der Waals surface area contributed by atoms with Crippen molar-refractivity contribution in [1.29, 1.82) is 0 Å². The molecule has 5 rings (SSSR count). The number of fused-ring (bicyclic) bond motifs is 1. The van der Waals surface area contributed by atoms with Crippen LogP contribution in [-0.2, 0) is 14.8 Å². The number of hydrogen-bond acceptors (Lipinski definition) is 3. The molecule has 1 saturated heterocycles. The molecule has 4 saturated carbocycles. The highest BCUT2D eigenvalue weighted by Crippen LogP contribution is 2.70. The lowest BCUT2D eigenvalue weighted by Gasteiger charge is -2.37. The Kier molecular flexibility index (Phi) is 2.35. The van der Waals surface area contributed by atoms with E-state index in [9.17, 15) is 13.2 Å². The number of carbonyl (C=O) groups excluding carboxylic acids is 1. The third-order valence-electron chi connectivity index (χ3n) is 8.01. The molecule has 0 aromatic heterocycles. The molecule has 2 unspecified atom stereocenters. The molecule has 5 heteroatoms. The van der Waals surface area contributed by atoms with Crippen molar-refractivity contribution < 1.29 is 13.2 Å². The molecule has 5 fully saturated rings. The summed E-state index contributed by atoms with van der Waals surface area (Å²) in [6.45, 7) is 4.47.